The van der Waals surface area contributed by atoms with E-state index in [0.29, 0.717) is 12.7 Å². The molecule has 0 amide bonds. The lowest BCUT2D eigenvalue weighted by Gasteiger charge is -2.29. The van der Waals surface area contributed by atoms with Gasteiger partial charge in [0.25, 0.3) is 0 Å². The summed E-state index contributed by atoms with van der Waals surface area (Å²) in [5, 5.41) is 0. The van der Waals surface area contributed by atoms with E-state index in [4.69, 9.17) is 9.47 Å². The molecule has 0 saturated carbocycles. The van der Waals surface area contributed by atoms with Crippen LogP contribution in [0, 0.1) is 0 Å². The van der Waals surface area contributed by atoms with Crippen molar-refractivity contribution < 1.29 is 9.47 Å². The van der Waals surface area contributed by atoms with E-state index >= 15 is 0 Å². The molecule has 1 aromatic carbocycles. The van der Waals surface area contributed by atoms with E-state index in [1.807, 2.05) is 0 Å². The number of aryl methyl sites for hydroxylation is 1. The van der Waals surface area contributed by atoms with Crippen LogP contribution < -0.4 is 0 Å². The van der Waals surface area contributed by atoms with Crippen LogP contribution in [0.2, 0.25) is 0 Å². The molecule has 2 nitrogen and oxygen atoms in total. The first-order chi connectivity index (χ1) is 10.8. The zero-order chi connectivity index (χ0) is 15.6. The predicted octanol–water partition coefficient (Wildman–Crippen LogP) is 5.46. The van der Waals surface area contributed by atoms with Crippen LogP contribution >= 0.6 is 0 Å². The number of rotatable bonds is 9. The Hall–Kier alpha value is -0.860. The van der Waals surface area contributed by atoms with Gasteiger partial charge in [-0.25, -0.2) is 0 Å². The van der Waals surface area contributed by atoms with Gasteiger partial charge in [-0.05, 0) is 30.4 Å². The Kier molecular flexibility index (Phi) is 7.96. The monoisotopic (exact) mass is 304 g/mol. The van der Waals surface area contributed by atoms with Crippen molar-refractivity contribution in [2.45, 2.75) is 77.4 Å². The predicted molar refractivity (Wildman–Crippen MR) is 92.2 cm³/mol. The maximum absolute atomic E-state index is 5.97. The molecule has 1 aliphatic heterocycles. The van der Waals surface area contributed by atoms with Crippen LogP contribution in [0.15, 0.2) is 24.3 Å². The van der Waals surface area contributed by atoms with Gasteiger partial charge < -0.3 is 9.47 Å². The molecule has 0 bridgehead atoms. The highest BCUT2D eigenvalue weighted by molar-refractivity contribution is 5.24. The van der Waals surface area contributed by atoms with Crippen LogP contribution in [-0.2, 0) is 15.9 Å². The summed E-state index contributed by atoms with van der Waals surface area (Å²) in [4.78, 5) is 0. The average Bonchev–Trinajstić information content (AvgIpc) is 2.56. The van der Waals surface area contributed by atoms with Crippen molar-refractivity contribution in [2.75, 3.05) is 13.2 Å². The lowest BCUT2D eigenvalue weighted by Crippen LogP contribution is -2.30. The molecule has 124 valence electrons. The highest BCUT2D eigenvalue weighted by atomic mass is 16.6. The molecular weight excluding hydrogens is 272 g/mol. The van der Waals surface area contributed by atoms with Gasteiger partial charge in [0.2, 0.25) is 0 Å². The molecule has 2 rings (SSSR count). The third-order valence-corrected chi connectivity index (χ3v) is 4.50. The minimum Gasteiger partial charge on any atom is -0.373 e. The van der Waals surface area contributed by atoms with Crippen molar-refractivity contribution >= 4 is 0 Å². The van der Waals surface area contributed by atoms with Crippen molar-refractivity contribution in [2.24, 2.45) is 0 Å². The van der Waals surface area contributed by atoms with E-state index in [1.54, 1.807) is 0 Å². The van der Waals surface area contributed by atoms with Gasteiger partial charge in [-0.15, -0.1) is 0 Å². The van der Waals surface area contributed by atoms with Gasteiger partial charge in [-0.1, -0.05) is 70.2 Å². The summed E-state index contributed by atoms with van der Waals surface area (Å²) in [6.45, 7) is 5.88. The van der Waals surface area contributed by atoms with Crippen molar-refractivity contribution in [3.63, 3.8) is 0 Å². The van der Waals surface area contributed by atoms with E-state index in [2.05, 4.69) is 38.1 Å². The highest BCUT2D eigenvalue weighted by Crippen LogP contribution is 2.25. The Morgan fingerprint density at radius 1 is 0.864 bits per heavy atom. The first-order valence-electron chi connectivity index (χ1n) is 9.15. The summed E-state index contributed by atoms with van der Waals surface area (Å²) in [7, 11) is 0. The zero-order valence-electron chi connectivity index (χ0n) is 14.4. The lowest BCUT2D eigenvalue weighted by molar-refractivity contribution is -0.137. The number of unbranched alkanes of at least 4 members (excludes halogenated alkanes) is 4. The molecule has 1 saturated heterocycles. The largest absolute Gasteiger partial charge is 0.373 e. The van der Waals surface area contributed by atoms with E-state index in [-0.39, 0.29) is 6.10 Å². The Labute approximate surface area is 136 Å². The molecule has 2 heteroatoms. The quantitative estimate of drug-likeness (QED) is 0.564. The highest BCUT2D eigenvalue weighted by Gasteiger charge is 2.22. The fourth-order valence-corrected chi connectivity index (χ4v) is 3.06. The Morgan fingerprint density at radius 2 is 1.64 bits per heavy atom. The molecule has 0 unspecified atom stereocenters. The maximum atomic E-state index is 5.97. The number of hydrogen-bond donors (Lipinski definition) is 0. The van der Waals surface area contributed by atoms with Gasteiger partial charge in [0, 0.05) is 0 Å². The fourth-order valence-electron chi connectivity index (χ4n) is 3.06. The van der Waals surface area contributed by atoms with Gasteiger partial charge >= 0.3 is 0 Å². The van der Waals surface area contributed by atoms with Crippen LogP contribution in [0.5, 0.6) is 0 Å². The van der Waals surface area contributed by atoms with Crippen LogP contribution in [0.1, 0.15) is 76.0 Å². The standard InChI is InChI=1S/C20H32O2/c1-3-5-6-7-8-10-17-11-13-18(14-12-17)20-16-21-19(9-4-2)15-22-20/h11-14,19-20H,3-10,15-16H2,1-2H3/t19-,20-/m1/s1. The Balaban J connectivity index is 1.72. The van der Waals surface area contributed by atoms with Gasteiger partial charge in [-0.2, -0.15) is 0 Å². The summed E-state index contributed by atoms with van der Waals surface area (Å²) in [5.74, 6) is 0. The van der Waals surface area contributed by atoms with E-state index in [1.165, 1.54) is 49.7 Å². The summed E-state index contributed by atoms with van der Waals surface area (Å²) in [6.07, 6.45) is 10.6. The van der Waals surface area contributed by atoms with Crippen LogP contribution in [-0.4, -0.2) is 19.3 Å². The lowest BCUT2D eigenvalue weighted by atomic mass is 10.0. The third-order valence-electron chi connectivity index (χ3n) is 4.50. The van der Waals surface area contributed by atoms with Crippen molar-refractivity contribution in [1.82, 2.24) is 0 Å². The molecule has 22 heavy (non-hydrogen) atoms. The molecule has 0 N–H and O–H groups in total. The normalized spacial score (nSPS) is 21.9. The van der Waals surface area contributed by atoms with E-state index < -0.39 is 0 Å². The zero-order valence-corrected chi connectivity index (χ0v) is 14.4. The summed E-state index contributed by atoms with van der Waals surface area (Å²) >= 11 is 0. The molecule has 0 aliphatic carbocycles. The summed E-state index contributed by atoms with van der Waals surface area (Å²) < 4.78 is 11.9. The van der Waals surface area contributed by atoms with Gasteiger partial charge in [0.1, 0.15) is 6.10 Å². The van der Waals surface area contributed by atoms with Crippen molar-refractivity contribution in [1.29, 1.82) is 0 Å². The molecule has 0 aromatic heterocycles. The minimum absolute atomic E-state index is 0.117. The minimum atomic E-state index is 0.117. The average molecular weight is 304 g/mol. The molecular formula is C20H32O2. The molecule has 1 fully saturated rings. The fraction of sp³-hybridized carbons (Fsp3) is 0.700. The van der Waals surface area contributed by atoms with E-state index in [0.717, 1.165) is 19.4 Å². The van der Waals surface area contributed by atoms with Crippen LogP contribution in [0.25, 0.3) is 0 Å². The van der Waals surface area contributed by atoms with Crippen molar-refractivity contribution in [3.8, 4) is 0 Å². The molecule has 1 heterocycles. The first-order valence-corrected chi connectivity index (χ1v) is 9.15. The molecule has 2 atom stereocenters. The Bertz CT molecular complexity index is 391. The van der Waals surface area contributed by atoms with Crippen LogP contribution in [0.3, 0.4) is 0 Å². The van der Waals surface area contributed by atoms with Gasteiger partial charge in [0.05, 0.1) is 19.3 Å². The first kappa shape index (κ1) is 17.5. The molecule has 1 aliphatic rings. The SMILES string of the molecule is CCCCCCCc1ccc([C@H]2CO[C@H](CCC)CO2)cc1. The third kappa shape index (κ3) is 5.73. The molecule has 0 radical (unpaired) electrons. The maximum Gasteiger partial charge on any atom is 0.106 e. The molecule has 0 spiro atoms. The topological polar surface area (TPSA) is 18.5 Å². The smallest absolute Gasteiger partial charge is 0.106 e. The van der Waals surface area contributed by atoms with Crippen molar-refractivity contribution in [3.05, 3.63) is 35.4 Å². The summed E-state index contributed by atoms with van der Waals surface area (Å²) in [6, 6.07) is 8.96. The second kappa shape index (κ2) is 10.0. The summed E-state index contributed by atoms with van der Waals surface area (Å²) in [5.41, 5.74) is 2.70. The van der Waals surface area contributed by atoms with Gasteiger partial charge in [0.15, 0.2) is 0 Å². The number of benzene rings is 1. The number of ether oxygens (including phenoxy) is 2. The van der Waals surface area contributed by atoms with Gasteiger partial charge in [-0.3, -0.25) is 0 Å². The second-order valence-corrected chi connectivity index (χ2v) is 6.47. The van der Waals surface area contributed by atoms with Crippen LogP contribution in [0.4, 0.5) is 0 Å². The Morgan fingerprint density at radius 3 is 2.27 bits per heavy atom. The van der Waals surface area contributed by atoms with E-state index in [9.17, 15) is 0 Å². The number of hydrogen-bond acceptors (Lipinski definition) is 2. The molecule has 1 aromatic rings. The second-order valence-electron chi connectivity index (χ2n) is 6.47.